The van der Waals surface area contributed by atoms with Gasteiger partial charge in [0.05, 0.1) is 0 Å². The highest BCUT2D eigenvalue weighted by atomic mass is 28.2. The van der Waals surface area contributed by atoms with Crippen LogP contribution in [0.5, 0.6) is 0 Å². The molecule has 0 fully saturated rings. The molecule has 1 unspecified atom stereocenters. The highest BCUT2D eigenvalue weighted by molar-refractivity contribution is 6.32. The number of hydrogen-bond acceptors (Lipinski definition) is 1. The second-order valence-corrected chi connectivity index (χ2v) is 6.37. The lowest BCUT2D eigenvalue weighted by Gasteiger charge is -2.29. The molecule has 2 aromatic rings. The predicted molar refractivity (Wildman–Crippen MR) is 81.5 cm³/mol. The van der Waals surface area contributed by atoms with E-state index in [9.17, 15) is 4.80 Å². The molecule has 0 aromatic heterocycles. The maximum Gasteiger partial charge on any atom is 0.170 e. The molecular formula is C16H20OSi. The Bertz CT molecular complexity index is 544. The van der Waals surface area contributed by atoms with Crippen molar-refractivity contribution in [1.29, 1.82) is 0 Å². The fraction of sp³-hybridized carbons (Fsp3) is 0.250. The van der Waals surface area contributed by atoms with Crippen LogP contribution in [0, 0.1) is 0 Å². The van der Waals surface area contributed by atoms with E-state index in [1.807, 2.05) is 6.08 Å². The summed E-state index contributed by atoms with van der Waals surface area (Å²) in [7, 11) is -1.19. The van der Waals surface area contributed by atoms with E-state index < -0.39 is 9.76 Å². The van der Waals surface area contributed by atoms with Crippen molar-refractivity contribution in [3.63, 3.8) is 0 Å². The van der Waals surface area contributed by atoms with E-state index in [4.69, 9.17) is 0 Å². The summed E-state index contributed by atoms with van der Waals surface area (Å²) in [5.41, 5.74) is 1.24. The molecule has 0 bridgehead atoms. The zero-order chi connectivity index (χ0) is 13.0. The minimum Gasteiger partial charge on any atom is -0.437 e. The molecule has 2 heteroatoms. The average Bonchev–Trinajstić information content (AvgIpc) is 2.44. The van der Waals surface area contributed by atoms with Crippen molar-refractivity contribution in [2.24, 2.45) is 0 Å². The molecule has 0 aliphatic heterocycles. The summed E-state index contributed by atoms with van der Waals surface area (Å²) in [5, 5.41) is 2.30. The molecule has 1 N–H and O–H groups in total. The van der Waals surface area contributed by atoms with Gasteiger partial charge in [-0.2, -0.15) is 0 Å². The number of benzene rings is 2. The van der Waals surface area contributed by atoms with Gasteiger partial charge in [0.1, 0.15) is 0 Å². The third kappa shape index (κ3) is 2.14. The first-order chi connectivity index (χ1) is 8.77. The van der Waals surface area contributed by atoms with E-state index in [-0.39, 0.29) is 5.04 Å². The third-order valence-electron chi connectivity index (χ3n) is 3.70. The lowest BCUT2D eigenvalue weighted by atomic mass is 9.89. The van der Waals surface area contributed by atoms with Gasteiger partial charge in [0, 0.05) is 5.04 Å². The zero-order valence-electron chi connectivity index (χ0n) is 10.9. The molecule has 0 heterocycles. The summed E-state index contributed by atoms with van der Waals surface area (Å²) in [6.07, 6.45) is 4.00. The maximum absolute atomic E-state index is 9.99. The van der Waals surface area contributed by atoms with E-state index in [1.165, 1.54) is 16.3 Å². The molecule has 0 spiro atoms. The molecule has 2 aromatic carbocycles. The summed E-state index contributed by atoms with van der Waals surface area (Å²) in [5.74, 6) is 0. The topological polar surface area (TPSA) is 20.2 Å². The van der Waals surface area contributed by atoms with Crippen molar-refractivity contribution < 1.29 is 4.80 Å². The van der Waals surface area contributed by atoms with Crippen molar-refractivity contribution in [2.45, 2.75) is 24.8 Å². The molecule has 94 valence electrons. The summed E-state index contributed by atoms with van der Waals surface area (Å²) >= 11 is 0. The minimum atomic E-state index is -1.19. The first kappa shape index (κ1) is 13.1. The van der Waals surface area contributed by atoms with E-state index >= 15 is 0 Å². The Balaban J connectivity index is 2.67. The first-order valence-electron chi connectivity index (χ1n) is 6.50. The Morgan fingerprint density at radius 2 is 1.94 bits per heavy atom. The fourth-order valence-corrected chi connectivity index (χ4v) is 3.80. The van der Waals surface area contributed by atoms with Gasteiger partial charge in [-0.25, -0.2) is 0 Å². The SMILES string of the molecule is C=CC(CCC)([SiH2]O)c1cccc2ccccc12. The van der Waals surface area contributed by atoms with Gasteiger partial charge in [0.2, 0.25) is 0 Å². The molecule has 0 aliphatic carbocycles. The molecule has 0 radical (unpaired) electrons. The molecule has 1 nitrogen and oxygen atoms in total. The Kier molecular flexibility index (Phi) is 3.99. The van der Waals surface area contributed by atoms with E-state index in [0.29, 0.717) is 0 Å². The van der Waals surface area contributed by atoms with Crippen LogP contribution in [0.15, 0.2) is 55.1 Å². The highest BCUT2D eigenvalue weighted by Crippen LogP contribution is 2.34. The summed E-state index contributed by atoms with van der Waals surface area (Å²) in [6.45, 7) is 6.14. The molecule has 2 rings (SSSR count). The molecule has 0 amide bonds. The minimum absolute atomic E-state index is 0.185. The van der Waals surface area contributed by atoms with Crippen LogP contribution in [0.1, 0.15) is 25.3 Å². The standard InChI is InChI=1S/C16H20OSi/c1-3-12-16(4-2,18-17)15-11-7-9-13-8-5-6-10-14(13)15/h4-11,17H,2-3,12,18H2,1H3. The Morgan fingerprint density at radius 3 is 2.61 bits per heavy atom. The smallest absolute Gasteiger partial charge is 0.170 e. The van der Waals surface area contributed by atoms with E-state index in [1.54, 1.807) is 0 Å². The van der Waals surface area contributed by atoms with Crippen molar-refractivity contribution in [2.75, 3.05) is 0 Å². The van der Waals surface area contributed by atoms with Crippen LogP contribution in [-0.2, 0) is 5.04 Å². The largest absolute Gasteiger partial charge is 0.437 e. The third-order valence-corrected chi connectivity index (χ3v) is 5.28. The second-order valence-electron chi connectivity index (χ2n) is 4.80. The Labute approximate surface area is 111 Å². The van der Waals surface area contributed by atoms with Crippen molar-refractivity contribution >= 4 is 20.5 Å². The zero-order valence-corrected chi connectivity index (χ0v) is 12.3. The number of hydrogen-bond donors (Lipinski definition) is 1. The van der Waals surface area contributed by atoms with Gasteiger partial charge in [0.15, 0.2) is 9.76 Å². The van der Waals surface area contributed by atoms with E-state index in [2.05, 4.69) is 56.0 Å². The van der Waals surface area contributed by atoms with Gasteiger partial charge < -0.3 is 4.80 Å². The molecule has 0 aliphatic rings. The number of rotatable bonds is 5. The lowest BCUT2D eigenvalue weighted by Crippen LogP contribution is -2.31. The Hall–Kier alpha value is -1.38. The van der Waals surface area contributed by atoms with Gasteiger partial charge >= 0.3 is 0 Å². The van der Waals surface area contributed by atoms with Gasteiger partial charge in [-0.15, -0.1) is 6.58 Å². The normalized spacial score (nSPS) is 15.0. The lowest BCUT2D eigenvalue weighted by molar-refractivity contribution is 0.525. The van der Waals surface area contributed by atoms with Crippen LogP contribution in [0.2, 0.25) is 0 Å². The second kappa shape index (κ2) is 5.51. The van der Waals surface area contributed by atoms with Crippen molar-refractivity contribution in [3.8, 4) is 0 Å². The van der Waals surface area contributed by atoms with Gasteiger partial charge in [-0.3, -0.25) is 0 Å². The fourth-order valence-electron chi connectivity index (χ4n) is 2.68. The molecular weight excluding hydrogens is 236 g/mol. The summed E-state index contributed by atoms with van der Waals surface area (Å²) in [4.78, 5) is 9.99. The van der Waals surface area contributed by atoms with Crippen LogP contribution < -0.4 is 0 Å². The van der Waals surface area contributed by atoms with Gasteiger partial charge in [0.25, 0.3) is 0 Å². The van der Waals surface area contributed by atoms with Crippen LogP contribution in [0.3, 0.4) is 0 Å². The Morgan fingerprint density at radius 1 is 1.22 bits per heavy atom. The van der Waals surface area contributed by atoms with Crippen LogP contribution >= 0.6 is 0 Å². The number of allylic oxidation sites excluding steroid dienone is 1. The van der Waals surface area contributed by atoms with Gasteiger partial charge in [-0.1, -0.05) is 61.9 Å². The van der Waals surface area contributed by atoms with Crippen molar-refractivity contribution in [3.05, 3.63) is 60.7 Å². The van der Waals surface area contributed by atoms with Gasteiger partial charge in [-0.05, 0) is 22.8 Å². The first-order valence-corrected chi connectivity index (χ1v) is 7.84. The molecule has 18 heavy (non-hydrogen) atoms. The average molecular weight is 256 g/mol. The molecule has 0 saturated heterocycles. The quantitative estimate of drug-likeness (QED) is 0.644. The summed E-state index contributed by atoms with van der Waals surface area (Å²) < 4.78 is 0. The summed E-state index contributed by atoms with van der Waals surface area (Å²) in [6, 6.07) is 14.7. The van der Waals surface area contributed by atoms with Crippen LogP contribution in [0.25, 0.3) is 10.8 Å². The predicted octanol–water partition coefficient (Wildman–Crippen LogP) is 3.10. The highest BCUT2D eigenvalue weighted by Gasteiger charge is 2.29. The van der Waals surface area contributed by atoms with Crippen LogP contribution in [0.4, 0.5) is 0 Å². The number of fused-ring (bicyclic) bond motifs is 1. The monoisotopic (exact) mass is 256 g/mol. The molecule has 0 saturated carbocycles. The van der Waals surface area contributed by atoms with E-state index in [0.717, 1.165) is 12.8 Å². The van der Waals surface area contributed by atoms with Crippen molar-refractivity contribution in [1.82, 2.24) is 0 Å². The molecule has 1 atom stereocenters. The maximum atomic E-state index is 9.99. The van der Waals surface area contributed by atoms with Crippen LogP contribution in [-0.4, -0.2) is 14.6 Å².